The van der Waals surface area contributed by atoms with Crippen molar-refractivity contribution < 1.29 is 9.53 Å². The molecule has 1 aromatic heterocycles. The monoisotopic (exact) mass is 291 g/mol. The standard InChI is InChI=1S/C16H25N3O2/c1-21-15(20)16(17)9-4-5-12(16)8-10-19-11-18-13-6-2-3-7-14(13)19/h11-12H,2-10,17H2,1H3. The van der Waals surface area contributed by atoms with Crippen molar-refractivity contribution in [3.8, 4) is 0 Å². The van der Waals surface area contributed by atoms with E-state index in [1.807, 2.05) is 6.33 Å². The number of methoxy groups -OCH3 is 1. The van der Waals surface area contributed by atoms with Gasteiger partial charge in [0.05, 0.1) is 19.1 Å². The molecule has 5 nitrogen and oxygen atoms in total. The lowest BCUT2D eigenvalue weighted by Crippen LogP contribution is -2.51. The summed E-state index contributed by atoms with van der Waals surface area (Å²) >= 11 is 0. The summed E-state index contributed by atoms with van der Waals surface area (Å²) < 4.78 is 7.18. The molecule has 2 aliphatic carbocycles. The molecule has 2 N–H and O–H groups in total. The number of aromatic nitrogens is 2. The molecule has 2 aliphatic rings. The maximum absolute atomic E-state index is 12.0. The van der Waals surface area contributed by atoms with Gasteiger partial charge in [-0.15, -0.1) is 0 Å². The van der Waals surface area contributed by atoms with Crippen LogP contribution in [0.5, 0.6) is 0 Å². The highest BCUT2D eigenvalue weighted by Crippen LogP contribution is 2.37. The zero-order valence-corrected chi connectivity index (χ0v) is 12.8. The minimum Gasteiger partial charge on any atom is -0.468 e. The number of rotatable bonds is 4. The van der Waals surface area contributed by atoms with E-state index in [0.29, 0.717) is 0 Å². The Morgan fingerprint density at radius 1 is 1.48 bits per heavy atom. The third kappa shape index (κ3) is 2.59. The van der Waals surface area contributed by atoms with E-state index in [1.165, 1.54) is 31.3 Å². The largest absolute Gasteiger partial charge is 0.468 e. The van der Waals surface area contributed by atoms with Gasteiger partial charge in [0.15, 0.2) is 0 Å². The van der Waals surface area contributed by atoms with Crippen molar-refractivity contribution in [2.24, 2.45) is 11.7 Å². The Balaban J connectivity index is 1.67. The normalized spacial score (nSPS) is 28.4. The zero-order chi connectivity index (χ0) is 14.9. The Labute approximate surface area is 125 Å². The Hall–Kier alpha value is -1.36. The molecule has 1 aromatic rings. The van der Waals surface area contributed by atoms with Crippen LogP contribution in [0, 0.1) is 5.92 Å². The lowest BCUT2D eigenvalue weighted by Gasteiger charge is -2.28. The molecule has 0 radical (unpaired) electrons. The Morgan fingerprint density at radius 2 is 2.29 bits per heavy atom. The van der Waals surface area contributed by atoms with E-state index >= 15 is 0 Å². The van der Waals surface area contributed by atoms with E-state index in [0.717, 1.165) is 45.1 Å². The van der Waals surface area contributed by atoms with Crippen LogP contribution in [-0.2, 0) is 28.9 Å². The summed E-state index contributed by atoms with van der Waals surface area (Å²) in [7, 11) is 1.43. The van der Waals surface area contributed by atoms with Crippen LogP contribution in [0.25, 0.3) is 0 Å². The van der Waals surface area contributed by atoms with Crippen LogP contribution >= 0.6 is 0 Å². The van der Waals surface area contributed by atoms with Crippen molar-refractivity contribution in [1.82, 2.24) is 9.55 Å². The summed E-state index contributed by atoms with van der Waals surface area (Å²) in [5, 5.41) is 0. The Kier molecular flexibility index (Phi) is 4.02. The Morgan fingerprint density at radius 3 is 3.10 bits per heavy atom. The first-order chi connectivity index (χ1) is 10.1. The number of carbonyl (C=O) groups is 1. The molecule has 0 spiro atoms. The molecule has 1 heterocycles. The molecule has 0 aliphatic heterocycles. The van der Waals surface area contributed by atoms with E-state index in [4.69, 9.17) is 10.5 Å². The van der Waals surface area contributed by atoms with Crippen LogP contribution in [0.4, 0.5) is 0 Å². The van der Waals surface area contributed by atoms with Crippen LogP contribution in [-0.4, -0.2) is 28.2 Å². The average Bonchev–Trinajstić information content (AvgIpc) is 3.09. The number of imidazole rings is 1. The molecule has 0 aromatic carbocycles. The quantitative estimate of drug-likeness (QED) is 0.859. The van der Waals surface area contributed by atoms with Crippen molar-refractivity contribution in [3.05, 3.63) is 17.7 Å². The fourth-order valence-corrected chi connectivity index (χ4v) is 3.98. The molecule has 1 fully saturated rings. The first kappa shape index (κ1) is 14.6. The highest BCUT2D eigenvalue weighted by molar-refractivity contribution is 5.81. The molecule has 2 atom stereocenters. The van der Waals surface area contributed by atoms with Crippen molar-refractivity contribution in [1.29, 1.82) is 0 Å². The molecular formula is C16H25N3O2. The van der Waals surface area contributed by atoms with Gasteiger partial charge in [0.1, 0.15) is 5.54 Å². The first-order valence-electron chi connectivity index (χ1n) is 8.05. The van der Waals surface area contributed by atoms with E-state index in [-0.39, 0.29) is 11.9 Å². The number of fused-ring (bicyclic) bond motifs is 1. The number of nitrogens with two attached hydrogens (primary N) is 1. The highest BCUT2D eigenvalue weighted by atomic mass is 16.5. The number of esters is 1. The lowest BCUT2D eigenvalue weighted by atomic mass is 9.85. The summed E-state index contributed by atoms with van der Waals surface area (Å²) in [4.78, 5) is 16.5. The molecule has 0 saturated heterocycles. The van der Waals surface area contributed by atoms with Crippen molar-refractivity contribution >= 4 is 5.97 Å². The van der Waals surface area contributed by atoms with Gasteiger partial charge in [0.25, 0.3) is 0 Å². The summed E-state index contributed by atoms with van der Waals surface area (Å²) in [5.41, 5.74) is 8.21. The first-order valence-corrected chi connectivity index (χ1v) is 8.05. The number of hydrogen-bond acceptors (Lipinski definition) is 4. The van der Waals surface area contributed by atoms with Gasteiger partial charge in [-0.05, 0) is 50.9 Å². The Bertz CT molecular complexity index is 526. The third-order valence-corrected chi connectivity index (χ3v) is 5.27. The fourth-order valence-electron chi connectivity index (χ4n) is 3.98. The summed E-state index contributed by atoms with van der Waals surface area (Å²) in [5.74, 6) is -0.0377. The molecule has 1 saturated carbocycles. The van der Waals surface area contributed by atoms with Crippen LogP contribution < -0.4 is 5.73 Å². The number of ether oxygens (including phenoxy) is 1. The smallest absolute Gasteiger partial charge is 0.326 e. The zero-order valence-electron chi connectivity index (χ0n) is 12.8. The molecule has 5 heteroatoms. The topological polar surface area (TPSA) is 70.1 Å². The van der Waals surface area contributed by atoms with E-state index in [1.54, 1.807) is 0 Å². The van der Waals surface area contributed by atoms with E-state index in [2.05, 4.69) is 9.55 Å². The molecule has 0 amide bonds. The fraction of sp³-hybridized carbons (Fsp3) is 0.750. The van der Waals surface area contributed by atoms with Gasteiger partial charge >= 0.3 is 5.97 Å². The molecule has 21 heavy (non-hydrogen) atoms. The number of carbonyl (C=O) groups excluding carboxylic acids is 1. The predicted molar refractivity (Wildman–Crippen MR) is 79.8 cm³/mol. The summed E-state index contributed by atoms with van der Waals surface area (Å²) in [6.45, 7) is 0.906. The number of aryl methyl sites for hydroxylation is 2. The average molecular weight is 291 g/mol. The maximum atomic E-state index is 12.0. The van der Waals surface area contributed by atoms with Crippen LogP contribution in [0.2, 0.25) is 0 Å². The minimum atomic E-state index is -0.782. The summed E-state index contributed by atoms with van der Waals surface area (Å²) in [6.07, 6.45) is 10.4. The summed E-state index contributed by atoms with van der Waals surface area (Å²) in [6, 6.07) is 0. The molecule has 2 unspecified atom stereocenters. The van der Waals surface area contributed by atoms with E-state index in [9.17, 15) is 4.79 Å². The van der Waals surface area contributed by atoms with Crippen molar-refractivity contribution in [2.45, 2.75) is 63.5 Å². The highest BCUT2D eigenvalue weighted by Gasteiger charge is 2.46. The van der Waals surface area contributed by atoms with Crippen molar-refractivity contribution in [2.75, 3.05) is 7.11 Å². The maximum Gasteiger partial charge on any atom is 0.326 e. The predicted octanol–water partition coefficient (Wildman–Crippen LogP) is 1.82. The minimum absolute atomic E-state index is 0.214. The van der Waals surface area contributed by atoms with Crippen LogP contribution in [0.15, 0.2) is 6.33 Å². The van der Waals surface area contributed by atoms with Gasteiger partial charge in [-0.3, -0.25) is 4.79 Å². The van der Waals surface area contributed by atoms with Gasteiger partial charge < -0.3 is 15.0 Å². The molecule has 3 rings (SSSR count). The molecule has 0 bridgehead atoms. The third-order valence-electron chi connectivity index (χ3n) is 5.27. The second-order valence-corrected chi connectivity index (χ2v) is 6.45. The van der Waals surface area contributed by atoms with Gasteiger partial charge in [-0.25, -0.2) is 4.98 Å². The van der Waals surface area contributed by atoms with Gasteiger partial charge in [-0.2, -0.15) is 0 Å². The SMILES string of the molecule is COC(=O)C1(N)CCCC1CCn1cnc2c1CCCC2. The number of hydrogen-bond donors (Lipinski definition) is 1. The lowest BCUT2D eigenvalue weighted by molar-refractivity contribution is -0.148. The van der Waals surface area contributed by atoms with E-state index < -0.39 is 5.54 Å². The second-order valence-electron chi connectivity index (χ2n) is 6.45. The van der Waals surface area contributed by atoms with Crippen LogP contribution in [0.3, 0.4) is 0 Å². The van der Waals surface area contributed by atoms with Gasteiger partial charge in [-0.1, -0.05) is 6.42 Å². The molecule has 116 valence electrons. The number of nitrogens with zero attached hydrogens (tertiary/aromatic N) is 2. The van der Waals surface area contributed by atoms with Crippen molar-refractivity contribution in [3.63, 3.8) is 0 Å². The van der Waals surface area contributed by atoms with Crippen LogP contribution in [0.1, 0.15) is 49.9 Å². The van der Waals surface area contributed by atoms with Gasteiger partial charge in [0.2, 0.25) is 0 Å². The second kappa shape index (κ2) is 5.79. The molecular weight excluding hydrogens is 266 g/mol. The van der Waals surface area contributed by atoms with Gasteiger partial charge in [0, 0.05) is 12.2 Å².